The number of anilines is 2. The maximum Gasteiger partial charge on any atom is 0.248 e. The molecule has 3 heterocycles. The van der Waals surface area contributed by atoms with Gasteiger partial charge in [0.25, 0.3) is 0 Å². The Labute approximate surface area is 218 Å². The van der Waals surface area contributed by atoms with Gasteiger partial charge in [0.15, 0.2) is 0 Å². The van der Waals surface area contributed by atoms with Crippen LogP contribution in [0.25, 0.3) is 0 Å². The van der Waals surface area contributed by atoms with Gasteiger partial charge in [0.05, 0.1) is 16.6 Å². The highest BCUT2D eigenvalue weighted by Crippen LogP contribution is 2.66. The standard InChI is InChI=1S/C27H40N4O4S/c1-4-30(5-2)19-12-10-18(11-13-19)29-25(34)23-27-15-14-20(36-27)21(24(33)28-3)22(27)26(35)31(23)16-8-6-7-9-17-32/h10-13,20-23,32H,4-9,14-17H2,1-3H3,(H,28,33)(H,29,34)/t20-,21+,22+,23?,27?/m1/s1. The van der Waals surface area contributed by atoms with Crippen molar-refractivity contribution in [1.29, 1.82) is 0 Å². The van der Waals surface area contributed by atoms with E-state index in [2.05, 4.69) is 29.4 Å². The van der Waals surface area contributed by atoms with Crippen molar-refractivity contribution >= 4 is 40.9 Å². The second kappa shape index (κ2) is 11.4. The quantitative estimate of drug-likeness (QED) is 0.369. The minimum Gasteiger partial charge on any atom is -0.396 e. The van der Waals surface area contributed by atoms with Crippen LogP contribution in [0.5, 0.6) is 0 Å². The van der Waals surface area contributed by atoms with Gasteiger partial charge < -0.3 is 25.5 Å². The zero-order valence-electron chi connectivity index (χ0n) is 21.7. The monoisotopic (exact) mass is 516 g/mol. The lowest BCUT2D eigenvalue weighted by molar-refractivity contribution is -0.139. The van der Waals surface area contributed by atoms with Crippen LogP contribution in [0.2, 0.25) is 0 Å². The molecule has 0 radical (unpaired) electrons. The van der Waals surface area contributed by atoms with Gasteiger partial charge in [0, 0.05) is 49.9 Å². The van der Waals surface area contributed by atoms with E-state index in [1.165, 1.54) is 0 Å². The molecule has 3 N–H and O–H groups in total. The van der Waals surface area contributed by atoms with Gasteiger partial charge in [-0.15, -0.1) is 11.8 Å². The molecule has 1 aromatic rings. The fourth-order valence-electron chi connectivity index (χ4n) is 6.46. The van der Waals surface area contributed by atoms with Crippen LogP contribution in [0.4, 0.5) is 11.4 Å². The Morgan fingerprint density at radius 1 is 1.11 bits per heavy atom. The Kier molecular flexibility index (Phi) is 8.50. The number of likely N-dealkylation sites (tertiary alicyclic amines) is 1. The van der Waals surface area contributed by atoms with Gasteiger partial charge in [-0.25, -0.2) is 0 Å². The van der Waals surface area contributed by atoms with E-state index in [1.807, 2.05) is 24.3 Å². The fourth-order valence-corrected chi connectivity index (χ4v) is 8.68. The van der Waals surface area contributed by atoms with Crippen LogP contribution in [-0.4, -0.2) is 77.1 Å². The number of benzene rings is 1. The van der Waals surface area contributed by atoms with Gasteiger partial charge in [-0.3, -0.25) is 14.4 Å². The minimum atomic E-state index is -0.597. The topological polar surface area (TPSA) is 102 Å². The van der Waals surface area contributed by atoms with Crippen LogP contribution in [0.3, 0.4) is 0 Å². The van der Waals surface area contributed by atoms with E-state index < -0.39 is 16.7 Å². The van der Waals surface area contributed by atoms with Gasteiger partial charge in [-0.2, -0.15) is 0 Å². The molecule has 3 aliphatic rings. The second-order valence-corrected chi connectivity index (χ2v) is 11.6. The summed E-state index contributed by atoms with van der Waals surface area (Å²) in [6.07, 6.45) is 4.91. The molecule has 0 aliphatic carbocycles. The molecule has 0 saturated carbocycles. The Balaban J connectivity index is 1.57. The summed E-state index contributed by atoms with van der Waals surface area (Å²) in [7, 11) is 1.62. The Bertz CT molecular complexity index is 954. The van der Waals surface area contributed by atoms with Gasteiger partial charge in [0.1, 0.15) is 6.04 Å². The summed E-state index contributed by atoms with van der Waals surface area (Å²) in [6, 6.07) is 7.27. The largest absolute Gasteiger partial charge is 0.396 e. The third-order valence-corrected chi connectivity index (χ3v) is 10.1. The fraction of sp³-hybridized carbons (Fsp3) is 0.667. The molecule has 3 amide bonds. The van der Waals surface area contributed by atoms with Gasteiger partial charge in [0.2, 0.25) is 17.7 Å². The maximum atomic E-state index is 13.8. The molecule has 2 bridgehead atoms. The Morgan fingerprint density at radius 2 is 1.81 bits per heavy atom. The molecule has 36 heavy (non-hydrogen) atoms. The number of aliphatic hydroxyl groups excluding tert-OH is 1. The number of hydrogen-bond donors (Lipinski definition) is 3. The molecule has 3 fully saturated rings. The molecule has 5 atom stereocenters. The highest BCUT2D eigenvalue weighted by molar-refractivity contribution is 8.02. The number of rotatable bonds is 12. The number of nitrogens with one attached hydrogen (secondary N) is 2. The lowest BCUT2D eigenvalue weighted by Gasteiger charge is -2.34. The van der Waals surface area contributed by atoms with Crippen molar-refractivity contribution in [3.8, 4) is 0 Å². The predicted octanol–water partition coefficient (Wildman–Crippen LogP) is 2.86. The van der Waals surface area contributed by atoms with Crippen molar-refractivity contribution in [2.45, 2.75) is 68.4 Å². The molecule has 8 nitrogen and oxygen atoms in total. The summed E-state index contributed by atoms with van der Waals surface area (Å²) in [5.41, 5.74) is 1.82. The van der Waals surface area contributed by atoms with Crippen molar-refractivity contribution in [3.63, 3.8) is 0 Å². The van der Waals surface area contributed by atoms with Crippen LogP contribution >= 0.6 is 11.8 Å². The maximum absolute atomic E-state index is 13.8. The first-order valence-corrected chi connectivity index (χ1v) is 14.3. The van der Waals surface area contributed by atoms with Crippen LogP contribution in [0.1, 0.15) is 52.4 Å². The molecule has 198 valence electrons. The van der Waals surface area contributed by atoms with E-state index in [-0.39, 0.29) is 35.5 Å². The van der Waals surface area contributed by atoms with E-state index in [4.69, 9.17) is 5.11 Å². The molecule has 1 aromatic carbocycles. The first-order valence-electron chi connectivity index (χ1n) is 13.4. The number of carbonyl (C=O) groups excluding carboxylic acids is 3. The number of amides is 3. The van der Waals surface area contributed by atoms with E-state index in [1.54, 1.807) is 23.7 Å². The van der Waals surface area contributed by atoms with Crippen molar-refractivity contribution in [3.05, 3.63) is 24.3 Å². The third-order valence-electron chi connectivity index (χ3n) is 8.17. The lowest BCUT2D eigenvalue weighted by atomic mass is 9.71. The number of unbranched alkanes of at least 4 members (excludes halogenated alkanes) is 3. The summed E-state index contributed by atoms with van der Waals surface area (Å²) in [4.78, 5) is 44.4. The molecule has 9 heteroatoms. The highest BCUT2D eigenvalue weighted by Gasteiger charge is 2.73. The molecule has 0 aromatic heterocycles. The Hall–Kier alpha value is -2.26. The number of nitrogens with zero attached hydrogens (tertiary/aromatic N) is 2. The number of fused-ring (bicyclic) bond motifs is 1. The van der Waals surface area contributed by atoms with Crippen molar-refractivity contribution in [1.82, 2.24) is 10.2 Å². The highest BCUT2D eigenvalue weighted by atomic mass is 32.2. The summed E-state index contributed by atoms with van der Waals surface area (Å²) in [6.45, 7) is 6.71. The normalized spacial score (nSPS) is 28.3. The molecule has 4 rings (SSSR count). The third kappa shape index (κ3) is 4.72. The molecular weight excluding hydrogens is 476 g/mol. The number of thioether (sulfide) groups is 1. The van der Waals surface area contributed by atoms with Gasteiger partial charge in [-0.1, -0.05) is 12.8 Å². The average Bonchev–Trinajstić information content (AvgIpc) is 3.52. The molecule has 3 aliphatic heterocycles. The number of hydrogen-bond acceptors (Lipinski definition) is 6. The minimum absolute atomic E-state index is 0.0579. The molecule has 1 spiro atoms. The zero-order valence-corrected chi connectivity index (χ0v) is 22.5. The molecule has 2 unspecified atom stereocenters. The summed E-state index contributed by atoms with van der Waals surface area (Å²) in [5.74, 6) is -1.16. The van der Waals surface area contributed by atoms with Crippen molar-refractivity contribution in [2.75, 3.05) is 43.5 Å². The molecular formula is C27H40N4O4S. The number of carbonyl (C=O) groups is 3. The van der Waals surface area contributed by atoms with Crippen LogP contribution in [0, 0.1) is 11.8 Å². The van der Waals surface area contributed by atoms with Crippen molar-refractivity contribution < 1.29 is 19.5 Å². The second-order valence-electron chi connectivity index (χ2n) is 10.0. The van der Waals surface area contributed by atoms with Crippen LogP contribution in [0.15, 0.2) is 24.3 Å². The first-order chi connectivity index (χ1) is 17.4. The summed E-state index contributed by atoms with van der Waals surface area (Å²) >= 11 is 1.69. The smallest absolute Gasteiger partial charge is 0.248 e. The Morgan fingerprint density at radius 3 is 2.44 bits per heavy atom. The zero-order chi connectivity index (χ0) is 25.9. The van der Waals surface area contributed by atoms with Crippen LogP contribution < -0.4 is 15.5 Å². The first kappa shape index (κ1) is 26.8. The lowest BCUT2D eigenvalue weighted by Crippen LogP contribution is -2.51. The SMILES string of the molecule is CCN(CC)c1ccc(NC(=O)C2N(CCCCCCO)C(=O)[C@@H]3[C@@H](C(=O)NC)[C@H]4CCC23S4)cc1. The van der Waals surface area contributed by atoms with Crippen LogP contribution in [-0.2, 0) is 14.4 Å². The van der Waals surface area contributed by atoms with Gasteiger partial charge >= 0.3 is 0 Å². The van der Waals surface area contributed by atoms with Crippen molar-refractivity contribution in [2.24, 2.45) is 11.8 Å². The average molecular weight is 517 g/mol. The van der Waals surface area contributed by atoms with E-state index >= 15 is 0 Å². The van der Waals surface area contributed by atoms with E-state index in [0.717, 1.165) is 57.3 Å². The summed E-state index contributed by atoms with van der Waals surface area (Å²) in [5, 5.41) is 15.0. The van der Waals surface area contributed by atoms with Gasteiger partial charge in [-0.05, 0) is 63.8 Å². The predicted molar refractivity (Wildman–Crippen MR) is 144 cm³/mol. The van der Waals surface area contributed by atoms with E-state index in [9.17, 15) is 14.4 Å². The number of aliphatic hydroxyl groups is 1. The van der Waals surface area contributed by atoms with E-state index in [0.29, 0.717) is 12.2 Å². The summed E-state index contributed by atoms with van der Waals surface area (Å²) < 4.78 is -0.560. The molecule has 3 saturated heterocycles.